The zero-order valence-electron chi connectivity index (χ0n) is 20.7. The molecule has 6 aromatic rings. The molecule has 0 aliphatic heterocycles. The average molecular weight is 553 g/mol. The minimum Gasteiger partial charge on any atom is -0.305 e. The summed E-state index contributed by atoms with van der Waals surface area (Å²) in [6.45, 7) is 1.92. The van der Waals surface area contributed by atoms with Crippen molar-refractivity contribution in [2.45, 2.75) is 18.4 Å². The third-order valence-electron chi connectivity index (χ3n) is 6.23. The molecule has 1 atom stereocenters. The van der Waals surface area contributed by atoms with Crippen LogP contribution in [0.4, 0.5) is 0 Å². The fourth-order valence-electron chi connectivity index (χ4n) is 4.26. The van der Waals surface area contributed by atoms with Gasteiger partial charge < -0.3 is 4.98 Å². The summed E-state index contributed by atoms with van der Waals surface area (Å²) in [6, 6.07) is 22.4. The summed E-state index contributed by atoms with van der Waals surface area (Å²) in [5.74, 6) is 0. The Morgan fingerprint density at radius 3 is 2.54 bits per heavy atom. The molecule has 0 saturated heterocycles. The van der Waals surface area contributed by atoms with Crippen molar-refractivity contribution in [1.29, 1.82) is 0 Å². The van der Waals surface area contributed by atoms with Crippen molar-refractivity contribution in [3.8, 4) is 22.5 Å². The number of nitrogens with zero attached hydrogens (tertiary/aromatic N) is 4. The molecule has 0 radical (unpaired) electrons. The molecule has 0 aliphatic rings. The number of nitrogens with one attached hydrogen (secondary N) is 2. The molecule has 0 saturated carbocycles. The molecule has 1 unspecified atom stereocenters. The van der Waals surface area contributed by atoms with Gasteiger partial charge in [-0.1, -0.05) is 48.0 Å². The summed E-state index contributed by atoms with van der Waals surface area (Å²) < 4.78 is 15.6. The lowest BCUT2D eigenvalue weighted by atomic mass is 10.0. The van der Waals surface area contributed by atoms with Crippen molar-refractivity contribution >= 4 is 44.7 Å². The highest BCUT2D eigenvalue weighted by atomic mass is 35.5. The van der Waals surface area contributed by atoms with Crippen LogP contribution >= 0.6 is 11.6 Å². The average Bonchev–Trinajstić information content (AvgIpc) is 2.96. The van der Waals surface area contributed by atoms with E-state index in [2.05, 4.69) is 19.7 Å². The first-order valence-electron chi connectivity index (χ1n) is 12.1. The Hall–Kier alpha value is -4.31. The minimum atomic E-state index is -1.53. The molecule has 192 valence electrons. The minimum absolute atomic E-state index is 0.0662. The van der Waals surface area contributed by atoms with Crippen molar-refractivity contribution in [2.75, 3.05) is 0 Å². The Labute approximate surface area is 230 Å². The molecule has 0 amide bonds. The van der Waals surface area contributed by atoms with Crippen LogP contribution in [-0.2, 0) is 17.5 Å². The summed E-state index contributed by atoms with van der Waals surface area (Å²) in [5, 5.41) is 1.38. The zero-order valence-corrected chi connectivity index (χ0v) is 22.3. The molecule has 10 heteroatoms. The van der Waals surface area contributed by atoms with Gasteiger partial charge in [0, 0.05) is 46.7 Å². The molecule has 0 aliphatic carbocycles. The van der Waals surface area contributed by atoms with E-state index in [0.29, 0.717) is 43.6 Å². The molecule has 0 bridgehead atoms. The Morgan fingerprint density at radius 1 is 0.923 bits per heavy atom. The van der Waals surface area contributed by atoms with Crippen LogP contribution < -0.4 is 10.3 Å². The lowest BCUT2D eigenvalue weighted by molar-refractivity contribution is 0.671. The highest BCUT2D eigenvalue weighted by Gasteiger charge is 2.17. The second-order valence-corrected chi connectivity index (χ2v) is 10.6. The molecule has 39 heavy (non-hydrogen) atoms. The van der Waals surface area contributed by atoms with Crippen molar-refractivity contribution < 1.29 is 4.21 Å². The van der Waals surface area contributed by atoms with Crippen LogP contribution in [0, 0.1) is 6.92 Å². The molecule has 8 nitrogen and oxygen atoms in total. The molecular weight excluding hydrogens is 532 g/mol. The molecule has 2 aromatic carbocycles. The Balaban J connectivity index is 1.45. The normalized spacial score (nSPS) is 12.2. The second-order valence-electron chi connectivity index (χ2n) is 8.90. The number of H-pyrrole nitrogens is 1. The van der Waals surface area contributed by atoms with Crippen LogP contribution in [0.1, 0.15) is 11.3 Å². The van der Waals surface area contributed by atoms with E-state index in [1.807, 2.05) is 61.5 Å². The molecule has 0 spiro atoms. The maximum absolute atomic E-state index is 12.9. The van der Waals surface area contributed by atoms with E-state index in [-0.39, 0.29) is 12.1 Å². The summed E-state index contributed by atoms with van der Waals surface area (Å²) in [7, 11) is -1.53. The quantitative estimate of drug-likeness (QED) is 0.287. The summed E-state index contributed by atoms with van der Waals surface area (Å²) >= 11 is 6.60. The third kappa shape index (κ3) is 5.07. The van der Waals surface area contributed by atoms with Gasteiger partial charge in [-0.05, 0) is 43.3 Å². The van der Waals surface area contributed by atoms with Gasteiger partial charge in [0.05, 0.1) is 26.8 Å². The van der Waals surface area contributed by atoms with Crippen LogP contribution in [0.25, 0.3) is 44.6 Å². The largest absolute Gasteiger partial charge is 0.305 e. The van der Waals surface area contributed by atoms with Crippen molar-refractivity contribution in [1.82, 2.24) is 29.6 Å². The highest BCUT2D eigenvalue weighted by molar-refractivity contribution is 7.83. The van der Waals surface area contributed by atoms with Crippen LogP contribution in [0.5, 0.6) is 0 Å². The summed E-state index contributed by atoms with van der Waals surface area (Å²) in [6.07, 6.45) is 3.25. The number of hydrogen-bond donors (Lipinski definition) is 2. The predicted octanol–water partition coefficient (Wildman–Crippen LogP) is 5.37. The smallest absolute Gasteiger partial charge is 0.254 e. The Morgan fingerprint density at radius 2 is 1.74 bits per heavy atom. The lowest BCUT2D eigenvalue weighted by Gasteiger charge is -2.12. The number of halogens is 1. The van der Waals surface area contributed by atoms with Gasteiger partial charge in [0.1, 0.15) is 16.5 Å². The van der Waals surface area contributed by atoms with E-state index >= 15 is 0 Å². The number of fused-ring (bicyclic) bond motifs is 2. The van der Waals surface area contributed by atoms with E-state index in [9.17, 15) is 9.00 Å². The molecule has 4 aromatic heterocycles. The first kappa shape index (κ1) is 25.0. The Bertz CT molecular complexity index is 1930. The van der Waals surface area contributed by atoms with Crippen LogP contribution in [0.3, 0.4) is 0 Å². The second kappa shape index (κ2) is 10.5. The number of hydrogen-bond acceptors (Lipinski definition) is 6. The van der Waals surface area contributed by atoms with Gasteiger partial charge in [-0.3, -0.25) is 14.8 Å². The third-order valence-corrected chi connectivity index (χ3v) is 7.59. The number of aromatic amines is 1. The zero-order chi connectivity index (χ0) is 26.9. The Kier molecular flexibility index (Phi) is 6.70. The van der Waals surface area contributed by atoms with Crippen LogP contribution in [0.15, 0.2) is 94.9 Å². The first-order valence-corrected chi connectivity index (χ1v) is 13.6. The van der Waals surface area contributed by atoms with Gasteiger partial charge in [-0.25, -0.2) is 18.9 Å². The van der Waals surface area contributed by atoms with E-state index in [0.717, 1.165) is 22.2 Å². The van der Waals surface area contributed by atoms with Gasteiger partial charge in [-0.2, -0.15) is 0 Å². The van der Waals surface area contributed by atoms with Gasteiger partial charge in [-0.15, -0.1) is 0 Å². The number of aryl methyl sites for hydroxylation is 1. The lowest BCUT2D eigenvalue weighted by Crippen LogP contribution is -2.23. The topological polar surface area (TPSA) is 114 Å². The van der Waals surface area contributed by atoms with E-state index < -0.39 is 11.0 Å². The maximum Gasteiger partial charge on any atom is 0.254 e. The van der Waals surface area contributed by atoms with E-state index in [4.69, 9.17) is 21.6 Å². The number of rotatable bonds is 6. The predicted molar refractivity (Wildman–Crippen MR) is 154 cm³/mol. The van der Waals surface area contributed by atoms with Crippen molar-refractivity contribution in [2.24, 2.45) is 0 Å². The molecule has 4 heterocycles. The fraction of sp³-hybridized carbons (Fsp3) is 0.0690. The maximum atomic E-state index is 12.9. The SMILES string of the molecule is Cc1ccc(S(=O)NCc2cc3nc(-c4cc(Cl)c5ncccc5c4)c(-c4ccccc4)nc3[nH]c2=O)cn1. The monoisotopic (exact) mass is 552 g/mol. The number of benzene rings is 2. The van der Waals surface area contributed by atoms with Crippen LogP contribution in [0.2, 0.25) is 5.02 Å². The summed E-state index contributed by atoms with van der Waals surface area (Å²) in [5.41, 5.74) is 5.25. The van der Waals surface area contributed by atoms with E-state index in [1.165, 1.54) is 0 Å². The van der Waals surface area contributed by atoms with Crippen LogP contribution in [-0.4, -0.2) is 29.1 Å². The van der Waals surface area contributed by atoms with Gasteiger partial charge >= 0.3 is 0 Å². The van der Waals surface area contributed by atoms with Gasteiger partial charge in [0.2, 0.25) is 0 Å². The van der Waals surface area contributed by atoms with E-state index in [1.54, 1.807) is 30.6 Å². The molecular formula is C29H21ClN6O2S. The molecule has 0 fully saturated rings. The number of aromatic nitrogens is 5. The fourth-order valence-corrected chi connectivity index (χ4v) is 5.33. The summed E-state index contributed by atoms with van der Waals surface area (Å²) in [4.78, 5) is 34.6. The highest BCUT2D eigenvalue weighted by Crippen LogP contribution is 2.34. The van der Waals surface area contributed by atoms with Gasteiger partial charge in [0.25, 0.3) is 5.56 Å². The van der Waals surface area contributed by atoms with Crippen molar-refractivity contribution in [3.63, 3.8) is 0 Å². The number of pyridine rings is 3. The standard InChI is InChI=1S/C29H21ClN6O2S/c1-17-9-10-22(16-32-17)39(38)33-15-21-14-24-28(36-29(21)37)35-26(18-6-3-2-4-7-18)27(34-24)20-12-19-8-5-11-31-25(19)23(30)13-20/h2-14,16,33H,15H2,1H3,(H,35,36,37). The van der Waals surface area contributed by atoms with Crippen molar-refractivity contribution in [3.05, 3.63) is 112 Å². The van der Waals surface area contributed by atoms with Gasteiger partial charge in [0.15, 0.2) is 5.65 Å². The molecule has 6 rings (SSSR count). The first-order chi connectivity index (χ1) is 19.0. The molecule has 2 N–H and O–H groups in total.